The zero-order chi connectivity index (χ0) is 16.8. The van der Waals surface area contributed by atoms with Crippen LogP contribution in [0.3, 0.4) is 0 Å². The van der Waals surface area contributed by atoms with Gasteiger partial charge in [-0.05, 0) is 30.2 Å². The van der Waals surface area contributed by atoms with E-state index in [0.717, 1.165) is 29.3 Å². The molecule has 0 fully saturated rings. The Morgan fingerprint density at radius 2 is 1.87 bits per heavy atom. The van der Waals surface area contributed by atoms with E-state index in [0.29, 0.717) is 0 Å². The summed E-state index contributed by atoms with van der Waals surface area (Å²) < 4.78 is 31.2. The highest BCUT2D eigenvalue weighted by molar-refractivity contribution is 5.93. The molecule has 2 aromatic carbocycles. The number of rotatable bonds is 5. The van der Waals surface area contributed by atoms with Gasteiger partial charge in [0.2, 0.25) is 0 Å². The van der Waals surface area contributed by atoms with E-state index < -0.39 is 30.1 Å². The predicted molar refractivity (Wildman–Crippen MR) is 80.8 cm³/mol. The van der Waals surface area contributed by atoms with Crippen LogP contribution in [0.25, 0.3) is 0 Å². The molecule has 0 unspecified atom stereocenters. The zero-order valence-corrected chi connectivity index (χ0v) is 12.4. The van der Waals surface area contributed by atoms with Gasteiger partial charge >= 0.3 is 5.97 Å². The van der Waals surface area contributed by atoms with Crippen LogP contribution in [0.5, 0.6) is 0 Å². The van der Waals surface area contributed by atoms with E-state index in [1.54, 1.807) is 12.1 Å². The maximum atomic E-state index is 13.4. The van der Waals surface area contributed by atoms with E-state index in [-0.39, 0.29) is 12.1 Å². The first kappa shape index (κ1) is 16.6. The summed E-state index contributed by atoms with van der Waals surface area (Å²) in [6, 6.07) is 9.99. The van der Waals surface area contributed by atoms with E-state index in [1.165, 1.54) is 0 Å². The Bertz CT molecular complexity index is 732. The average molecular weight is 319 g/mol. The van der Waals surface area contributed by atoms with Crippen molar-refractivity contribution < 1.29 is 23.1 Å². The topological polar surface area (TPSA) is 55.4 Å². The van der Waals surface area contributed by atoms with Gasteiger partial charge in [0.15, 0.2) is 6.61 Å². The van der Waals surface area contributed by atoms with Crippen LogP contribution in [0.2, 0.25) is 0 Å². The number of ether oxygens (including phenoxy) is 1. The lowest BCUT2D eigenvalue weighted by atomic mass is 10.1. The van der Waals surface area contributed by atoms with E-state index >= 15 is 0 Å². The molecule has 0 bridgehead atoms. The number of hydrogen-bond acceptors (Lipinski definition) is 3. The molecule has 2 aromatic rings. The van der Waals surface area contributed by atoms with E-state index in [2.05, 4.69) is 5.32 Å². The monoisotopic (exact) mass is 319 g/mol. The zero-order valence-electron chi connectivity index (χ0n) is 12.4. The average Bonchev–Trinajstić information content (AvgIpc) is 2.51. The first-order valence-electron chi connectivity index (χ1n) is 6.91. The minimum Gasteiger partial charge on any atom is -0.455 e. The Kier molecular flexibility index (Phi) is 5.41. The SMILES string of the molecule is Cc1ccccc1CC(=O)OCC(=O)Nc1cc(F)ccc1F. The third-order valence-corrected chi connectivity index (χ3v) is 3.16. The second-order valence-corrected chi connectivity index (χ2v) is 4.94. The van der Waals surface area contributed by atoms with Gasteiger partial charge in [0.05, 0.1) is 12.1 Å². The summed E-state index contributed by atoms with van der Waals surface area (Å²) in [4.78, 5) is 23.3. The van der Waals surface area contributed by atoms with Gasteiger partial charge in [0.25, 0.3) is 5.91 Å². The molecule has 23 heavy (non-hydrogen) atoms. The first-order valence-corrected chi connectivity index (χ1v) is 6.91. The molecule has 6 heteroatoms. The maximum absolute atomic E-state index is 13.4. The predicted octanol–water partition coefficient (Wildman–Crippen LogP) is 3.00. The first-order chi connectivity index (χ1) is 11.0. The number of nitrogens with one attached hydrogen (secondary N) is 1. The highest BCUT2D eigenvalue weighted by Crippen LogP contribution is 2.15. The summed E-state index contributed by atoms with van der Waals surface area (Å²) in [7, 11) is 0. The molecular formula is C17H15F2NO3. The molecule has 4 nitrogen and oxygen atoms in total. The van der Waals surface area contributed by atoms with Crippen molar-refractivity contribution in [1.82, 2.24) is 0 Å². The summed E-state index contributed by atoms with van der Waals surface area (Å²) >= 11 is 0. The number of aryl methyl sites for hydroxylation is 1. The smallest absolute Gasteiger partial charge is 0.310 e. The van der Waals surface area contributed by atoms with Crippen LogP contribution in [0.4, 0.5) is 14.5 Å². The minimum absolute atomic E-state index is 0.0360. The van der Waals surface area contributed by atoms with Crippen LogP contribution in [0, 0.1) is 18.6 Å². The number of esters is 1. The molecule has 0 atom stereocenters. The van der Waals surface area contributed by atoms with Gasteiger partial charge in [-0.1, -0.05) is 24.3 Å². The molecule has 1 N–H and O–H groups in total. The van der Waals surface area contributed by atoms with Crippen molar-refractivity contribution in [1.29, 1.82) is 0 Å². The highest BCUT2D eigenvalue weighted by Gasteiger charge is 2.12. The van der Waals surface area contributed by atoms with Crippen LogP contribution < -0.4 is 5.32 Å². The van der Waals surface area contributed by atoms with Gasteiger partial charge in [0, 0.05) is 6.07 Å². The van der Waals surface area contributed by atoms with E-state index in [1.807, 2.05) is 19.1 Å². The largest absolute Gasteiger partial charge is 0.455 e. The van der Waals surface area contributed by atoms with Crippen molar-refractivity contribution in [3.63, 3.8) is 0 Å². The van der Waals surface area contributed by atoms with Gasteiger partial charge in [-0.15, -0.1) is 0 Å². The minimum atomic E-state index is -0.772. The molecule has 120 valence electrons. The summed E-state index contributed by atoms with van der Waals surface area (Å²) in [5.41, 5.74) is 1.44. The van der Waals surface area contributed by atoms with Crippen LogP contribution in [0.1, 0.15) is 11.1 Å². The fraction of sp³-hybridized carbons (Fsp3) is 0.176. The van der Waals surface area contributed by atoms with Crippen molar-refractivity contribution in [3.8, 4) is 0 Å². The fourth-order valence-corrected chi connectivity index (χ4v) is 1.94. The van der Waals surface area contributed by atoms with Crippen molar-refractivity contribution in [2.75, 3.05) is 11.9 Å². The van der Waals surface area contributed by atoms with Crippen molar-refractivity contribution in [2.45, 2.75) is 13.3 Å². The molecule has 0 aliphatic carbocycles. The number of anilines is 1. The number of halogens is 2. The Labute approximate surface area is 132 Å². The number of benzene rings is 2. The van der Waals surface area contributed by atoms with Crippen LogP contribution in [0.15, 0.2) is 42.5 Å². The molecular weight excluding hydrogens is 304 g/mol. The van der Waals surface area contributed by atoms with Gasteiger partial charge in [-0.3, -0.25) is 9.59 Å². The van der Waals surface area contributed by atoms with Crippen LogP contribution in [-0.4, -0.2) is 18.5 Å². The summed E-state index contributed by atoms with van der Waals surface area (Å²) in [6.45, 7) is 1.29. The Morgan fingerprint density at radius 3 is 2.61 bits per heavy atom. The Morgan fingerprint density at radius 1 is 1.13 bits per heavy atom. The third kappa shape index (κ3) is 4.88. The number of carbonyl (C=O) groups is 2. The maximum Gasteiger partial charge on any atom is 0.310 e. The molecule has 0 saturated carbocycles. The summed E-state index contributed by atoms with van der Waals surface area (Å²) in [5, 5.41) is 2.15. The van der Waals surface area contributed by atoms with E-state index in [9.17, 15) is 18.4 Å². The van der Waals surface area contributed by atoms with Crippen molar-refractivity contribution >= 4 is 17.6 Å². The Balaban J connectivity index is 1.85. The molecule has 0 aliphatic heterocycles. The number of hydrogen-bond donors (Lipinski definition) is 1. The number of amides is 1. The normalized spacial score (nSPS) is 10.2. The van der Waals surface area contributed by atoms with Gasteiger partial charge < -0.3 is 10.1 Å². The van der Waals surface area contributed by atoms with Gasteiger partial charge in [-0.25, -0.2) is 8.78 Å². The quantitative estimate of drug-likeness (QED) is 0.862. The molecule has 0 radical (unpaired) electrons. The molecule has 0 spiro atoms. The second-order valence-electron chi connectivity index (χ2n) is 4.94. The highest BCUT2D eigenvalue weighted by atomic mass is 19.1. The number of carbonyl (C=O) groups excluding carboxylic acids is 2. The standard InChI is InChI=1S/C17H15F2NO3/c1-11-4-2-3-5-12(11)8-17(22)23-10-16(21)20-15-9-13(18)6-7-14(15)19/h2-7,9H,8,10H2,1H3,(H,20,21). The summed E-state index contributed by atoms with van der Waals surface area (Å²) in [5.74, 6) is -2.77. The Hall–Kier alpha value is -2.76. The molecule has 0 aliphatic rings. The third-order valence-electron chi connectivity index (χ3n) is 3.16. The molecule has 0 aromatic heterocycles. The lowest BCUT2D eigenvalue weighted by Crippen LogP contribution is -2.22. The van der Waals surface area contributed by atoms with Crippen LogP contribution >= 0.6 is 0 Å². The molecule has 1 amide bonds. The molecule has 2 rings (SSSR count). The molecule has 0 heterocycles. The van der Waals surface area contributed by atoms with Gasteiger partial charge in [0.1, 0.15) is 11.6 Å². The lowest BCUT2D eigenvalue weighted by molar-refractivity contribution is -0.146. The van der Waals surface area contributed by atoms with Gasteiger partial charge in [-0.2, -0.15) is 0 Å². The molecule has 0 saturated heterocycles. The van der Waals surface area contributed by atoms with E-state index in [4.69, 9.17) is 4.74 Å². The second kappa shape index (κ2) is 7.49. The summed E-state index contributed by atoms with van der Waals surface area (Å²) in [6.07, 6.45) is 0.0360. The lowest BCUT2D eigenvalue weighted by Gasteiger charge is -2.08. The van der Waals surface area contributed by atoms with Crippen molar-refractivity contribution in [3.05, 3.63) is 65.2 Å². The van der Waals surface area contributed by atoms with Crippen LogP contribution in [-0.2, 0) is 20.7 Å². The fourth-order valence-electron chi connectivity index (χ4n) is 1.94. The van der Waals surface area contributed by atoms with Crippen molar-refractivity contribution in [2.24, 2.45) is 0 Å².